The Morgan fingerprint density at radius 2 is 2.23 bits per heavy atom. The summed E-state index contributed by atoms with van der Waals surface area (Å²) < 4.78 is 0. The molecular formula is C17H25N3OS. The second kappa shape index (κ2) is 6.80. The number of carbonyl (C=O) groups excluding carboxylic acids is 1. The number of hydrogen-bond acceptors (Lipinski definition) is 4. The van der Waals surface area contributed by atoms with Crippen molar-refractivity contribution < 1.29 is 4.79 Å². The SMILES string of the molecule is CCC(C)(C)NCC(=O)Nc1sc2c(c1C#N)CC[C@@H](C)C2. The van der Waals surface area contributed by atoms with Crippen LogP contribution in [0.2, 0.25) is 0 Å². The van der Waals surface area contributed by atoms with Crippen LogP contribution in [-0.2, 0) is 17.6 Å². The van der Waals surface area contributed by atoms with Crippen LogP contribution in [0.15, 0.2) is 0 Å². The van der Waals surface area contributed by atoms with Gasteiger partial charge in [0.15, 0.2) is 0 Å². The summed E-state index contributed by atoms with van der Waals surface area (Å²) in [5.41, 5.74) is 1.78. The van der Waals surface area contributed by atoms with Crippen molar-refractivity contribution >= 4 is 22.2 Å². The van der Waals surface area contributed by atoms with Crippen molar-refractivity contribution in [3.05, 3.63) is 16.0 Å². The van der Waals surface area contributed by atoms with Crippen molar-refractivity contribution in [3.63, 3.8) is 0 Å². The lowest BCUT2D eigenvalue weighted by atomic mass is 9.89. The quantitative estimate of drug-likeness (QED) is 0.873. The first kappa shape index (κ1) is 17.0. The Morgan fingerprint density at radius 1 is 1.50 bits per heavy atom. The highest BCUT2D eigenvalue weighted by Crippen LogP contribution is 2.39. The second-order valence-corrected chi connectivity index (χ2v) is 7.91. The minimum absolute atomic E-state index is 0.0560. The molecule has 4 nitrogen and oxygen atoms in total. The summed E-state index contributed by atoms with van der Waals surface area (Å²) in [7, 11) is 0. The molecule has 1 amide bonds. The van der Waals surface area contributed by atoms with E-state index in [1.807, 2.05) is 0 Å². The number of anilines is 1. The van der Waals surface area contributed by atoms with E-state index >= 15 is 0 Å². The van der Waals surface area contributed by atoms with Gasteiger partial charge in [-0.05, 0) is 51.0 Å². The van der Waals surface area contributed by atoms with E-state index in [9.17, 15) is 10.1 Å². The number of amides is 1. The molecule has 0 saturated heterocycles. The zero-order valence-corrected chi connectivity index (χ0v) is 14.7. The third-order valence-corrected chi connectivity index (χ3v) is 5.66. The van der Waals surface area contributed by atoms with Gasteiger partial charge in [-0.15, -0.1) is 11.3 Å². The Kier molecular flexibility index (Phi) is 5.25. The summed E-state index contributed by atoms with van der Waals surface area (Å²) in [5, 5.41) is 16.3. The molecule has 0 aromatic carbocycles. The summed E-state index contributed by atoms with van der Waals surface area (Å²) in [4.78, 5) is 13.4. The van der Waals surface area contributed by atoms with Crippen LogP contribution in [0.25, 0.3) is 0 Å². The van der Waals surface area contributed by atoms with E-state index in [1.165, 1.54) is 4.88 Å². The van der Waals surface area contributed by atoms with Crippen molar-refractivity contribution in [3.8, 4) is 6.07 Å². The largest absolute Gasteiger partial charge is 0.315 e. The van der Waals surface area contributed by atoms with Gasteiger partial charge in [0.1, 0.15) is 11.1 Å². The maximum Gasteiger partial charge on any atom is 0.238 e. The fraction of sp³-hybridized carbons (Fsp3) is 0.647. The molecule has 2 rings (SSSR count). The Morgan fingerprint density at radius 3 is 2.86 bits per heavy atom. The number of rotatable bonds is 5. The number of nitrogens with one attached hydrogen (secondary N) is 2. The third kappa shape index (κ3) is 3.88. The molecule has 0 aliphatic heterocycles. The third-order valence-electron chi connectivity index (χ3n) is 4.49. The highest BCUT2D eigenvalue weighted by molar-refractivity contribution is 7.16. The Bertz CT molecular complexity index is 598. The molecule has 1 aliphatic carbocycles. The van der Waals surface area contributed by atoms with Gasteiger partial charge in [0.05, 0.1) is 12.1 Å². The van der Waals surface area contributed by atoms with Gasteiger partial charge >= 0.3 is 0 Å². The number of carbonyl (C=O) groups is 1. The van der Waals surface area contributed by atoms with E-state index in [4.69, 9.17) is 0 Å². The van der Waals surface area contributed by atoms with Crippen LogP contribution in [0.5, 0.6) is 0 Å². The average molecular weight is 319 g/mol. The van der Waals surface area contributed by atoms with Gasteiger partial charge < -0.3 is 10.6 Å². The molecule has 5 heteroatoms. The van der Waals surface area contributed by atoms with Crippen molar-refractivity contribution in [2.24, 2.45) is 5.92 Å². The maximum atomic E-state index is 12.1. The summed E-state index contributed by atoms with van der Waals surface area (Å²) in [6.45, 7) is 8.75. The fourth-order valence-corrected chi connectivity index (χ4v) is 3.95. The number of fused-ring (bicyclic) bond motifs is 1. The maximum absolute atomic E-state index is 12.1. The molecule has 1 atom stereocenters. The van der Waals surface area contributed by atoms with Crippen LogP contribution in [0, 0.1) is 17.2 Å². The van der Waals surface area contributed by atoms with Gasteiger partial charge in [-0.2, -0.15) is 5.26 Å². The number of hydrogen-bond donors (Lipinski definition) is 2. The number of nitriles is 1. The molecule has 0 saturated carbocycles. The van der Waals surface area contributed by atoms with Crippen LogP contribution in [0.3, 0.4) is 0 Å². The zero-order chi connectivity index (χ0) is 16.3. The summed E-state index contributed by atoms with van der Waals surface area (Å²) in [6, 6.07) is 2.28. The van der Waals surface area contributed by atoms with Gasteiger partial charge in [-0.1, -0.05) is 13.8 Å². The molecule has 1 heterocycles. The summed E-state index contributed by atoms with van der Waals surface area (Å²) in [6.07, 6.45) is 4.05. The van der Waals surface area contributed by atoms with Crippen LogP contribution in [0.1, 0.15) is 56.5 Å². The predicted molar refractivity (Wildman–Crippen MR) is 91.2 cm³/mol. The fourth-order valence-electron chi connectivity index (χ4n) is 2.57. The molecule has 1 aliphatic rings. The molecule has 22 heavy (non-hydrogen) atoms. The van der Waals surface area contributed by atoms with E-state index in [-0.39, 0.29) is 18.0 Å². The van der Waals surface area contributed by atoms with Crippen molar-refractivity contribution in [2.45, 2.75) is 58.9 Å². The van der Waals surface area contributed by atoms with Crippen LogP contribution in [-0.4, -0.2) is 18.0 Å². The molecule has 2 N–H and O–H groups in total. The molecule has 0 unspecified atom stereocenters. The monoisotopic (exact) mass is 319 g/mol. The molecule has 1 aromatic heterocycles. The first-order valence-corrected chi connectivity index (χ1v) is 8.77. The number of nitrogens with zero attached hydrogens (tertiary/aromatic N) is 1. The zero-order valence-electron chi connectivity index (χ0n) is 13.9. The minimum atomic E-state index is -0.0790. The van der Waals surface area contributed by atoms with Crippen molar-refractivity contribution in [1.29, 1.82) is 5.26 Å². The standard InChI is InChI=1S/C17H25N3OS/c1-5-17(3,4)19-10-15(21)20-16-13(9-18)12-7-6-11(2)8-14(12)22-16/h11,19H,5-8,10H2,1-4H3,(H,20,21)/t11-/m1/s1. The van der Waals surface area contributed by atoms with E-state index in [0.29, 0.717) is 11.5 Å². The molecule has 0 bridgehead atoms. The lowest BCUT2D eigenvalue weighted by Gasteiger charge is -2.24. The molecule has 0 radical (unpaired) electrons. The summed E-state index contributed by atoms with van der Waals surface area (Å²) in [5.74, 6) is 0.581. The van der Waals surface area contributed by atoms with Crippen molar-refractivity contribution in [2.75, 3.05) is 11.9 Å². The lowest BCUT2D eigenvalue weighted by molar-refractivity contribution is -0.115. The molecule has 120 valence electrons. The van der Waals surface area contributed by atoms with E-state index in [2.05, 4.69) is 44.4 Å². The first-order valence-electron chi connectivity index (χ1n) is 7.95. The minimum Gasteiger partial charge on any atom is -0.315 e. The normalized spacial score (nSPS) is 17.7. The van der Waals surface area contributed by atoms with E-state index in [0.717, 1.165) is 36.2 Å². The van der Waals surface area contributed by atoms with Gasteiger partial charge in [0.25, 0.3) is 0 Å². The Hall–Kier alpha value is -1.38. The predicted octanol–water partition coefficient (Wildman–Crippen LogP) is 3.46. The van der Waals surface area contributed by atoms with Crippen LogP contribution < -0.4 is 10.6 Å². The average Bonchev–Trinajstić information content (AvgIpc) is 2.81. The van der Waals surface area contributed by atoms with Gasteiger partial charge in [-0.3, -0.25) is 4.79 Å². The smallest absolute Gasteiger partial charge is 0.238 e. The lowest BCUT2D eigenvalue weighted by Crippen LogP contribution is -2.43. The van der Waals surface area contributed by atoms with Gasteiger partial charge in [0.2, 0.25) is 5.91 Å². The van der Waals surface area contributed by atoms with E-state index in [1.54, 1.807) is 11.3 Å². The highest BCUT2D eigenvalue weighted by Gasteiger charge is 2.25. The Labute approximate surface area is 136 Å². The second-order valence-electron chi connectivity index (χ2n) is 6.81. The molecule has 0 spiro atoms. The van der Waals surface area contributed by atoms with Crippen LogP contribution in [0.4, 0.5) is 5.00 Å². The first-order chi connectivity index (χ1) is 10.4. The van der Waals surface area contributed by atoms with Crippen LogP contribution >= 0.6 is 11.3 Å². The van der Waals surface area contributed by atoms with Crippen molar-refractivity contribution in [1.82, 2.24) is 5.32 Å². The highest BCUT2D eigenvalue weighted by atomic mass is 32.1. The summed E-state index contributed by atoms with van der Waals surface area (Å²) >= 11 is 1.58. The van der Waals surface area contributed by atoms with E-state index < -0.39 is 0 Å². The number of thiophene rings is 1. The van der Waals surface area contributed by atoms with Gasteiger partial charge in [-0.25, -0.2) is 0 Å². The molecule has 1 aromatic rings. The Balaban J connectivity index is 2.07. The molecule has 0 fully saturated rings. The topological polar surface area (TPSA) is 64.9 Å². The van der Waals surface area contributed by atoms with Gasteiger partial charge in [0, 0.05) is 10.4 Å². The molecular weight excluding hydrogens is 294 g/mol.